The average Bonchev–Trinajstić information content (AvgIpc) is 3.17. The first-order chi connectivity index (χ1) is 10.9. The van der Waals surface area contributed by atoms with Crippen LogP contribution in [0.5, 0.6) is 0 Å². The Kier molecular flexibility index (Phi) is 4.78. The Morgan fingerprint density at radius 1 is 1.39 bits per heavy atom. The summed E-state index contributed by atoms with van der Waals surface area (Å²) < 4.78 is 7.86. The Bertz CT molecular complexity index is 698. The van der Waals surface area contributed by atoms with E-state index >= 15 is 0 Å². The molecule has 2 aromatic rings. The summed E-state index contributed by atoms with van der Waals surface area (Å²) in [6.07, 6.45) is 4.56. The van der Waals surface area contributed by atoms with Gasteiger partial charge in [0.1, 0.15) is 23.9 Å². The topological polar surface area (TPSA) is 60.2 Å². The fraction of sp³-hybridized carbons (Fsp3) is 0.625. The minimum Gasteiger partial charge on any atom is -0.396 e. The SMILES string of the molecule is C[Si](C)(C)CCOCn1cc(C2CC2CO)c2c(Cl)ncnc21. The summed E-state index contributed by atoms with van der Waals surface area (Å²) in [5, 5.41) is 10.7. The van der Waals surface area contributed by atoms with Gasteiger partial charge in [0, 0.05) is 27.5 Å². The fourth-order valence-corrected chi connectivity index (χ4v) is 3.86. The monoisotopic (exact) mass is 353 g/mol. The van der Waals surface area contributed by atoms with Crippen LogP contribution in [0.15, 0.2) is 12.5 Å². The number of aliphatic hydroxyl groups is 1. The van der Waals surface area contributed by atoms with E-state index in [1.807, 2.05) is 4.57 Å². The molecule has 0 aromatic carbocycles. The maximum atomic E-state index is 9.34. The van der Waals surface area contributed by atoms with Crippen LogP contribution in [0.1, 0.15) is 17.9 Å². The lowest BCUT2D eigenvalue weighted by Crippen LogP contribution is -2.22. The summed E-state index contributed by atoms with van der Waals surface area (Å²) in [5.74, 6) is 0.687. The van der Waals surface area contributed by atoms with Crippen molar-refractivity contribution in [2.45, 2.75) is 44.8 Å². The highest BCUT2D eigenvalue weighted by Gasteiger charge is 2.40. The van der Waals surface area contributed by atoms with E-state index in [-0.39, 0.29) is 6.61 Å². The molecule has 0 bridgehead atoms. The summed E-state index contributed by atoms with van der Waals surface area (Å²) in [6, 6.07) is 1.14. The van der Waals surface area contributed by atoms with Crippen molar-refractivity contribution in [1.29, 1.82) is 0 Å². The van der Waals surface area contributed by atoms with Crippen LogP contribution in [-0.4, -0.2) is 40.9 Å². The third kappa shape index (κ3) is 3.76. The van der Waals surface area contributed by atoms with Crippen LogP contribution in [0.25, 0.3) is 11.0 Å². The van der Waals surface area contributed by atoms with E-state index in [9.17, 15) is 5.11 Å². The van der Waals surface area contributed by atoms with Gasteiger partial charge in [0.2, 0.25) is 0 Å². The van der Waals surface area contributed by atoms with Gasteiger partial charge in [-0.15, -0.1) is 0 Å². The molecule has 23 heavy (non-hydrogen) atoms. The minimum atomic E-state index is -1.08. The third-order valence-electron chi connectivity index (χ3n) is 4.42. The van der Waals surface area contributed by atoms with Crippen LogP contribution in [0.3, 0.4) is 0 Å². The lowest BCUT2D eigenvalue weighted by molar-refractivity contribution is 0.0898. The number of hydrogen-bond acceptors (Lipinski definition) is 4. The molecular formula is C16H24ClN3O2Si. The van der Waals surface area contributed by atoms with Gasteiger partial charge in [-0.2, -0.15) is 0 Å². The standard InChI is InChI=1S/C16H24ClN3O2Si/c1-23(2,3)5-4-22-10-20-7-13(12-6-11(12)8-21)14-15(17)18-9-19-16(14)20/h7,9,11-12,21H,4-6,8,10H2,1-3H3. The summed E-state index contributed by atoms with van der Waals surface area (Å²) in [4.78, 5) is 8.50. The molecule has 3 rings (SSSR count). The van der Waals surface area contributed by atoms with E-state index in [0.29, 0.717) is 23.7 Å². The van der Waals surface area contributed by atoms with Crippen LogP contribution in [-0.2, 0) is 11.5 Å². The molecule has 2 unspecified atom stereocenters. The number of ether oxygens (including phenoxy) is 1. The van der Waals surface area contributed by atoms with Crippen molar-refractivity contribution in [3.63, 3.8) is 0 Å². The van der Waals surface area contributed by atoms with Crippen LogP contribution in [0.2, 0.25) is 30.8 Å². The number of hydrogen-bond donors (Lipinski definition) is 1. The molecule has 1 aliphatic rings. The molecule has 2 atom stereocenters. The Morgan fingerprint density at radius 3 is 2.83 bits per heavy atom. The summed E-state index contributed by atoms with van der Waals surface area (Å²) >= 11 is 6.30. The Labute approximate surface area is 142 Å². The molecule has 5 nitrogen and oxygen atoms in total. The van der Waals surface area contributed by atoms with Crippen LogP contribution in [0, 0.1) is 5.92 Å². The predicted octanol–water partition coefficient (Wildman–Crippen LogP) is 3.49. The van der Waals surface area contributed by atoms with Crippen LogP contribution in [0.4, 0.5) is 0 Å². The second-order valence-electron chi connectivity index (χ2n) is 7.55. The smallest absolute Gasteiger partial charge is 0.147 e. The molecule has 0 saturated heterocycles. The summed E-state index contributed by atoms with van der Waals surface area (Å²) in [5.41, 5.74) is 1.95. The second kappa shape index (κ2) is 6.51. The number of fused-ring (bicyclic) bond motifs is 1. The Hall–Kier alpha value is -0.953. The normalized spacial score (nSPS) is 21.1. The maximum Gasteiger partial charge on any atom is 0.147 e. The van der Waals surface area contributed by atoms with E-state index in [1.165, 1.54) is 6.33 Å². The molecule has 0 amide bonds. The fourth-order valence-electron chi connectivity index (χ4n) is 2.87. The van der Waals surface area contributed by atoms with Gasteiger partial charge in [-0.3, -0.25) is 0 Å². The van der Waals surface area contributed by atoms with Crippen LogP contribution >= 0.6 is 11.6 Å². The molecule has 7 heteroatoms. The number of rotatable bonds is 7. The van der Waals surface area contributed by atoms with Gasteiger partial charge >= 0.3 is 0 Å². The van der Waals surface area contributed by atoms with E-state index in [0.717, 1.165) is 35.7 Å². The van der Waals surface area contributed by atoms with Crippen molar-refractivity contribution in [3.8, 4) is 0 Å². The van der Waals surface area contributed by atoms with Crippen molar-refractivity contribution < 1.29 is 9.84 Å². The van der Waals surface area contributed by atoms with Crippen molar-refractivity contribution in [2.24, 2.45) is 5.92 Å². The van der Waals surface area contributed by atoms with Crippen molar-refractivity contribution in [1.82, 2.24) is 14.5 Å². The van der Waals surface area contributed by atoms with Gasteiger partial charge < -0.3 is 14.4 Å². The molecule has 1 aliphatic carbocycles. The van der Waals surface area contributed by atoms with E-state index in [1.54, 1.807) is 0 Å². The lowest BCUT2D eigenvalue weighted by Gasteiger charge is -2.15. The molecule has 1 saturated carbocycles. The molecule has 1 fully saturated rings. The number of nitrogens with zero attached hydrogens (tertiary/aromatic N) is 3. The zero-order valence-corrected chi connectivity index (χ0v) is 15.7. The zero-order valence-electron chi connectivity index (χ0n) is 13.9. The first-order valence-electron chi connectivity index (χ1n) is 8.08. The first kappa shape index (κ1) is 16.9. The molecule has 2 aromatic heterocycles. The number of aromatic nitrogens is 3. The molecular weight excluding hydrogens is 330 g/mol. The highest BCUT2D eigenvalue weighted by molar-refractivity contribution is 6.76. The predicted molar refractivity (Wildman–Crippen MR) is 94.6 cm³/mol. The largest absolute Gasteiger partial charge is 0.396 e. The molecule has 1 N–H and O–H groups in total. The molecule has 0 spiro atoms. The van der Waals surface area contributed by atoms with E-state index in [4.69, 9.17) is 16.3 Å². The molecule has 0 aliphatic heterocycles. The van der Waals surface area contributed by atoms with Gasteiger partial charge in [-0.05, 0) is 29.9 Å². The second-order valence-corrected chi connectivity index (χ2v) is 13.5. The van der Waals surface area contributed by atoms with Crippen LogP contribution < -0.4 is 0 Å². The highest BCUT2D eigenvalue weighted by Crippen LogP contribution is 2.50. The Morgan fingerprint density at radius 2 is 2.17 bits per heavy atom. The zero-order chi connectivity index (χ0) is 16.6. The average molecular weight is 354 g/mol. The molecule has 0 radical (unpaired) electrons. The van der Waals surface area contributed by atoms with Crippen molar-refractivity contribution >= 4 is 30.7 Å². The lowest BCUT2D eigenvalue weighted by atomic mass is 10.1. The molecule has 2 heterocycles. The van der Waals surface area contributed by atoms with Gasteiger partial charge in [0.25, 0.3) is 0 Å². The van der Waals surface area contributed by atoms with E-state index < -0.39 is 8.07 Å². The van der Waals surface area contributed by atoms with Crippen molar-refractivity contribution in [2.75, 3.05) is 13.2 Å². The van der Waals surface area contributed by atoms with Gasteiger partial charge in [0.15, 0.2) is 0 Å². The number of halogens is 1. The highest BCUT2D eigenvalue weighted by atomic mass is 35.5. The minimum absolute atomic E-state index is 0.218. The quantitative estimate of drug-likeness (QED) is 0.470. The Balaban J connectivity index is 1.79. The summed E-state index contributed by atoms with van der Waals surface area (Å²) in [6.45, 7) is 8.49. The van der Waals surface area contributed by atoms with Gasteiger partial charge in [0.05, 0.1) is 5.39 Å². The first-order valence-corrected chi connectivity index (χ1v) is 12.2. The van der Waals surface area contributed by atoms with E-state index in [2.05, 4.69) is 35.8 Å². The third-order valence-corrected chi connectivity index (χ3v) is 6.41. The van der Waals surface area contributed by atoms with Crippen molar-refractivity contribution in [3.05, 3.63) is 23.2 Å². The number of aliphatic hydroxyl groups excluding tert-OH is 1. The van der Waals surface area contributed by atoms with Gasteiger partial charge in [-0.1, -0.05) is 31.2 Å². The van der Waals surface area contributed by atoms with Gasteiger partial charge in [-0.25, -0.2) is 9.97 Å². The maximum absolute atomic E-state index is 9.34. The molecule has 126 valence electrons. The summed E-state index contributed by atoms with van der Waals surface area (Å²) in [7, 11) is -1.08.